The molecule has 2 amide bonds. The van der Waals surface area contributed by atoms with E-state index in [-0.39, 0.29) is 60.2 Å². The summed E-state index contributed by atoms with van der Waals surface area (Å²) in [6.45, 7) is 1.15. The van der Waals surface area contributed by atoms with E-state index in [1.165, 1.54) is 61.6 Å². The van der Waals surface area contributed by atoms with Crippen LogP contribution in [0, 0.1) is 23.3 Å². The number of halogens is 4. The molecule has 2 N–H and O–H groups in total. The summed E-state index contributed by atoms with van der Waals surface area (Å²) < 4.78 is 108. The number of ether oxygens (including phenoxy) is 2. The van der Waals surface area contributed by atoms with Gasteiger partial charge in [-0.05, 0) is 48.5 Å². The highest BCUT2D eigenvalue weighted by Gasteiger charge is 2.30. The van der Waals surface area contributed by atoms with Crippen molar-refractivity contribution in [3.05, 3.63) is 119 Å². The number of carbonyl (C=O) groups excluding carboxylic acids is 3. The SMILES string of the molecule is COC(=O)c1ccc(CN(C(=O)N2CCS(=O)(=O)CC2)c2ccc(F)cn2)c(F)c1.COC(=O)c1ccc(CNc2ccc(F)cn2)c(F)c1.O=S1(=O)CCNCC1. The fourth-order valence-corrected chi connectivity index (χ4v) is 7.54. The predicted octanol–water partition coefficient (Wildman–Crippen LogP) is 3.77. The molecule has 2 aliphatic heterocycles. The number of anilines is 2. The first-order valence-corrected chi connectivity index (χ1v) is 21.0. The van der Waals surface area contributed by atoms with Gasteiger partial charge in [-0.1, -0.05) is 12.1 Å². The Kier molecular flexibility index (Phi) is 16.0. The van der Waals surface area contributed by atoms with Crippen LogP contribution in [0.2, 0.25) is 0 Å². The van der Waals surface area contributed by atoms with E-state index in [2.05, 4.69) is 30.1 Å². The van der Waals surface area contributed by atoms with Gasteiger partial charge in [0, 0.05) is 43.9 Å². The third-order valence-electron chi connectivity index (χ3n) is 8.48. The zero-order chi connectivity index (χ0) is 42.5. The number of esters is 2. The van der Waals surface area contributed by atoms with Gasteiger partial charge in [-0.15, -0.1) is 0 Å². The molecule has 0 atom stereocenters. The number of nitrogens with one attached hydrogen (secondary N) is 2. The number of aromatic nitrogens is 2. The highest BCUT2D eigenvalue weighted by Crippen LogP contribution is 2.21. The molecule has 0 radical (unpaired) electrons. The summed E-state index contributed by atoms with van der Waals surface area (Å²) in [5.41, 5.74) is 0.613. The van der Waals surface area contributed by atoms with Gasteiger partial charge in [0.1, 0.15) is 34.9 Å². The Balaban J connectivity index is 0.000000226. The van der Waals surface area contributed by atoms with Crippen LogP contribution in [0.15, 0.2) is 73.1 Å². The van der Waals surface area contributed by atoms with E-state index in [0.29, 0.717) is 36.0 Å². The number of hydrogen-bond acceptors (Lipinski definition) is 13. The number of benzene rings is 2. The minimum Gasteiger partial charge on any atom is -0.465 e. The molecule has 21 heteroatoms. The summed E-state index contributed by atoms with van der Waals surface area (Å²) in [4.78, 5) is 46.0. The molecule has 4 heterocycles. The van der Waals surface area contributed by atoms with Crippen molar-refractivity contribution in [2.45, 2.75) is 13.1 Å². The molecule has 0 saturated carbocycles. The van der Waals surface area contributed by atoms with Crippen LogP contribution in [0.1, 0.15) is 31.8 Å². The van der Waals surface area contributed by atoms with Crippen molar-refractivity contribution in [1.82, 2.24) is 20.2 Å². The lowest BCUT2D eigenvalue weighted by molar-refractivity contribution is 0.0591. The summed E-state index contributed by atoms with van der Waals surface area (Å²) in [6.07, 6.45) is 1.99. The van der Waals surface area contributed by atoms with E-state index >= 15 is 0 Å². The maximum Gasteiger partial charge on any atom is 0.337 e. The van der Waals surface area contributed by atoms with Crippen LogP contribution in [0.25, 0.3) is 0 Å². The zero-order valence-corrected chi connectivity index (χ0v) is 32.9. The van der Waals surface area contributed by atoms with Gasteiger partial charge >= 0.3 is 18.0 Å². The monoisotopic (exact) mass is 852 g/mol. The van der Waals surface area contributed by atoms with E-state index in [9.17, 15) is 48.8 Å². The fraction of sp³-hybridized carbons (Fsp3) is 0.324. The smallest absolute Gasteiger partial charge is 0.337 e. The van der Waals surface area contributed by atoms with Crippen molar-refractivity contribution >= 4 is 49.3 Å². The number of sulfone groups is 2. The third kappa shape index (κ3) is 13.5. The summed E-state index contributed by atoms with van der Waals surface area (Å²) >= 11 is 0. The predicted molar refractivity (Wildman–Crippen MR) is 205 cm³/mol. The summed E-state index contributed by atoms with van der Waals surface area (Å²) in [5, 5.41) is 5.82. The first-order chi connectivity index (χ1) is 27.5. The second-order valence-electron chi connectivity index (χ2n) is 12.6. The van der Waals surface area contributed by atoms with Crippen LogP contribution in [0.4, 0.5) is 34.0 Å². The molecule has 15 nitrogen and oxygen atoms in total. The van der Waals surface area contributed by atoms with E-state index in [0.717, 1.165) is 35.5 Å². The lowest BCUT2D eigenvalue weighted by Crippen LogP contribution is -2.50. The van der Waals surface area contributed by atoms with Gasteiger partial charge in [0.15, 0.2) is 19.7 Å². The molecule has 2 saturated heterocycles. The Labute approximate surface area is 332 Å². The largest absolute Gasteiger partial charge is 0.465 e. The normalized spacial score (nSPS) is 15.3. The molecule has 2 aliphatic rings. The second kappa shape index (κ2) is 20.7. The Morgan fingerprint density at radius 1 is 0.724 bits per heavy atom. The number of nitrogens with zero attached hydrogens (tertiary/aromatic N) is 4. The quantitative estimate of drug-likeness (QED) is 0.192. The maximum atomic E-state index is 14.6. The molecule has 58 heavy (non-hydrogen) atoms. The molecular formula is C37H40F4N6O9S2. The summed E-state index contributed by atoms with van der Waals surface area (Å²) in [7, 11) is -3.45. The number of carbonyl (C=O) groups is 3. The molecule has 0 aliphatic carbocycles. The molecule has 0 spiro atoms. The Hall–Kier alpha value is -5.67. The number of hydrogen-bond donors (Lipinski definition) is 2. The molecule has 4 aromatic rings. The Morgan fingerprint density at radius 2 is 1.24 bits per heavy atom. The lowest BCUT2D eigenvalue weighted by Gasteiger charge is -2.32. The molecule has 2 aromatic heterocycles. The van der Waals surface area contributed by atoms with Crippen molar-refractivity contribution < 1.29 is 58.3 Å². The summed E-state index contributed by atoms with van der Waals surface area (Å²) in [5.74, 6) is -2.83. The average Bonchev–Trinajstić information content (AvgIpc) is 3.20. The van der Waals surface area contributed by atoms with Crippen molar-refractivity contribution in [3.8, 4) is 0 Å². The zero-order valence-electron chi connectivity index (χ0n) is 31.3. The van der Waals surface area contributed by atoms with Crippen LogP contribution >= 0.6 is 0 Å². The van der Waals surface area contributed by atoms with Gasteiger partial charge in [0.05, 0.1) is 67.3 Å². The van der Waals surface area contributed by atoms with Gasteiger partial charge in [0.25, 0.3) is 0 Å². The first kappa shape index (κ1) is 45.0. The van der Waals surface area contributed by atoms with Crippen molar-refractivity contribution in [2.75, 3.05) is 73.6 Å². The fourth-order valence-electron chi connectivity index (χ4n) is 5.22. The van der Waals surface area contributed by atoms with Crippen LogP contribution in [-0.4, -0.2) is 113 Å². The number of pyridine rings is 2. The number of rotatable bonds is 8. The van der Waals surface area contributed by atoms with Gasteiger partial charge in [-0.3, -0.25) is 4.90 Å². The topological polar surface area (TPSA) is 194 Å². The van der Waals surface area contributed by atoms with Crippen molar-refractivity contribution in [1.29, 1.82) is 0 Å². The standard InChI is InChI=1S/C19H19F2N3O5S.C14H12F2N2O2.C4H9NO2S/c1-29-18(25)13-2-3-14(16(21)10-13)12-24(17-5-4-15(20)11-22-17)19(26)23-6-8-30(27,28)9-7-23;1-20-14(19)9-2-3-10(12(16)6-9)7-17-13-5-4-11(15)8-18-13;6-8(7)3-1-5-2-4-8/h2-5,10-11H,6-9,12H2,1H3;2-6,8H,7H2,1H3,(H,17,18);5H,1-4H2. The Morgan fingerprint density at radius 3 is 1.69 bits per heavy atom. The van der Waals surface area contributed by atoms with E-state index < -0.39 is 60.9 Å². The van der Waals surface area contributed by atoms with Crippen LogP contribution in [0.3, 0.4) is 0 Å². The third-order valence-corrected chi connectivity index (χ3v) is 11.7. The molecule has 0 unspecified atom stereocenters. The van der Waals surface area contributed by atoms with Crippen molar-refractivity contribution in [3.63, 3.8) is 0 Å². The van der Waals surface area contributed by atoms with Gasteiger partial charge in [-0.25, -0.2) is 58.7 Å². The Bertz CT molecular complexity index is 2260. The molecule has 2 aromatic carbocycles. The number of urea groups is 1. The molecule has 2 fully saturated rings. The second-order valence-corrected chi connectivity index (χ2v) is 17.2. The van der Waals surface area contributed by atoms with E-state index in [1.807, 2.05) is 0 Å². The highest BCUT2D eigenvalue weighted by molar-refractivity contribution is 7.91. The number of methoxy groups -OCH3 is 2. The minimum atomic E-state index is -3.21. The van der Waals surface area contributed by atoms with E-state index in [4.69, 9.17) is 0 Å². The van der Waals surface area contributed by atoms with Gasteiger partial charge < -0.3 is 25.0 Å². The first-order valence-electron chi connectivity index (χ1n) is 17.4. The minimum absolute atomic E-state index is 0.0113. The summed E-state index contributed by atoms with van der Waals surface area (Å²) in [6, 6.07) is 12.3. The van der Waals surface area contributed by atoms with Crippen LogP contribution in [0.5, 0.6) is 0 Å². The number of amides is 2. The van der Waals surface area contributed by atoms with Crippen molar-refractivity contribution in [2.24, 2.45) is 0 Å². The molecule has 6 rings (SSSR count). The highest BCUT2D eigenvalue weighted by atomic mass is 32.2. The lowest BCUT2D eigenvalue weighted by atomic mass is 10.1. The van der Waals surface area contributed by atoms with Gasteiger partial charge in [0.2, 0.25) is 0 Å². The average molecular weight is 853 g/mol. The van der Waals surface area contributed by atoms with Crippen LogP contribution in [-0.2, 0) is 42.2 Å². The molecule has 0 bridgehead atoms. The molecular weight excluding hydrogens is 813 g/mol. The van der Waals surface area contributed by atoms with E-state index in [1.54, 1.807) is 0 Å². The van der Waals surface area contributed by atoms with Crippen LogP contribution < -0.4 is 15.5 Å². The molecule has 312 valence electrons. The maximum absolute atomic E-state index is 14.6. The van der Waals surface area contributed by atoms with Gasteiger partial charge in [-0.2, -0.15) is 0 Å².